The van der Waals surface area contributed by atoms with Crippen molar-refractivity contribution in [2.75, 3.05) is 0 Å². The third kappa shape index (κ3) is 4.43. The van der Waals surface area contributed by atoms with Crippen molar-refractivity contribution in [3.8, 4) is 57.7 Å². The van der Waals surface area contributed by atoms with Crippen LogP contribution in [-0.2, 0) is 12.4 Å². The Bertz CT molecular complexity index is 2100. The summed E-state index contributed by atoms with van der Waals surface area (Å²) in [6.07, 6.45) is -10.1. The van der Waals surface area contributed by atoms with Gasteiger partial charge in [0.2, 0.25) is 0 Å². The molecule has 10 heteroatoms. The number of rotatable bonds is 2. The van der Waals surface area contributed by atoms with Crippen LogP contribution in [0.15, 0.2) is 78.4 Å². The van der Waals surface area contributed by atoms with Gasteiger partial charge in [0.1, 0.15) is 17.7 Å². The molecule has 4 aromatic rings. The zero-order valence-electron chi connectivity index (χ0n) is 23.1. The molecule has 0 saturated heterocycles. The van der Waals surface area contributed by atoms with Gasteiger partial charge in [-0.1, -0.05) is 36.4 Å². The maximum absolute atomic E-state index is 13.6. The molecule has 0 bridgehead atoms. The summed E-state index contributed by atoms with van der Waals surface area (Å²) in [6.45, 7) is 1.54. The molecule has 4 aromatic carbocycles. The zero-order chi connectivity index (χ0) is 32.5. The Morgan fingerprint density at radius 3 is 1.76 bits per heavy atom. The van der Waals surface area contributed by atoms with Gasteiger partial charge < -0.3 is 0 Å². The first-order valence-electron chi connectivity index (χ1n) is 13.3. The number of benzene rings is 4. The van der Waals surface area contributed by atoms with Gasteiger partial charge in [0.05, 0.1) is 23.3 Å². The number of allylic oxidation sites excluding steroid dienone is 1. The molecular formula is C35H16F6N4. The number of nitrogens with zero attached hydrogens (tertiary/aromatic N) is 4. The smallest absolute Gasteiger partial charge is 0.197 e. The predicted molar refractivity (Wildman–Crippen MR) is 151 cm³/mol. The average Bonchev–Trinajstić information content (AvgIpc) is 3.51. The molecule has 2 aliphatic carbocycles. The molecule has 0 aliphatic heterocycles. The Hall–Kier alpha value is -5.84. The number of halogens is 6. The normalized spacial score (nSPS) is 14.6. The van der Waals surface area contributed by atoms with Gasteiger partial charge in [-0.3, -0.25) is 0 Å². The number of hydrogen-bond donors (Lipinski definition) is 0. The summed E-state index contributed by atoms with van der Waals surface area (Å²) in [7, 11) is 0. The minimum atomic E-state index is -5.04. The largest absolute Gasteiger partial charge is 0.416 e. The fraction of sp³-hybridized carbons (Fsp3) is 0.143. The number of alkyl halides is 6. The van der Waals surface area contributed by atoms with E-state index < -0.39 is 34.8 Å². The molecular weight excluding hydrogens is 590 g/mol. The maximum Gasteiger partial charge on any atom is 0.416 e. The lowest BCUT2D eigenvalue weighted by Crippen LogP contribution is -2.21. The third-order valence-electron chi connectivity index (χ3n) is 8.35. The molecule has 0 radical (unpaired) electrons. The summed E-state index contributed by atoms with van der Waals surface area (Å²) in [5, 5.41) is 39.8. The van der Waals surface area contributed by atoms with E-state index in [1.807, 2.05) is 24.3 Å². The van der Waals surface area contributed by atoms with Crippen LogP contribution in [0, 0.1) is 50.7 Å². The van der Waals surface area contributed by atoms with Crippen LogP contribution >= 0.6 is 0 Å². The van der Waals surface area contributed by atoms with E-state index in [4.69, 9.17) is 0 Å². The number of hydrogen-bond acceptors (Lipinski definition) is 4. The van der Waals surface area contributed by atoms with E-state index in [9.17, 15) is 47.4 Å². The van der Waals surface area contributed by atoms with Crippen molar-refractivity contribution in [3.05, 3.63) is 112 Å². The van der Waals surface area contributed by atoms with E-state index in [-0.39, 0.29) is 33.9 Å². The van der Waals surface area contributed by atoms with Gasteiger partial charge in [-0.2, -0.15) is 47.4 Å². The van der Waals surface area contributed by atoms with Gasteiger partial charge in [-0.15, -0.1) is 0 Å². The van der Waals surface area contributed by atoms with E-state index in [1.54, 1.807) is 24.3 Å². The van der Waals surface area contributed by atoms with Gasteiger partial charge in [0, 0.05) is 11.5 Å². The SMILES string of the molecule is CC(C#N)(C#N)C1c2ccccc2-c2cc3c(cc21)-c1ccc(-c2cc(C(F)(F)F)cc(C(F)(F)F)c2)cc1C3=C(C#N)C#N. The van der Waals surface area contributed by atoms with Gasteiger partial charge in [0.15, 0.2) is 5.41 Å². The maximum atomic E-state index is 13.6. The fourth-order valence-corrected chi connectivity index (χ4v) is 6.29. The molecule has 1 atom stereocenters. The van der Waals surface area contributed by atoms with Crippen molar-refractivity contribution in [1.82, 2.24) is 0 Å². The van der Waals surface area contributed by atoms with Gasteiger partial charge in [-0.25, -0.2) is 0 Å². The second kappa shape index (κ2) is 9.84. The van der Waals surface area contributed by atoms with Crippen LogP contribution in [0.25, 0.3) is 39.0 Å². The lowest BCUT2D eigenvalue weighted by Gasteiger charge is -2.24. The number of nitriles is 4. The lowest BCUT2D eigenvalue weighted by molar-refractivity contribution is -0.143. The molecule has 0 saturated carbocycles. The lowest BCUT2D eigenvalue weighted by atomic mass is 9.74. The van der Waals surface area contributed by atoms with Crippen LogP contribution in [0.3, 0.4) is 0 Å². The molecule has 0 spiro atoms. The topological polar surface area (TPSA) is 95.2 Å². The Labute approximate surface area is 252 Å². The minimum absolute atomic E-state index is 0.0168. The Balaban J connectivity index is 1.62. The molecule has 0 aromatic heterocycles. The minimum Gasteiger partial charge on any atom is -0.197 e. The van der Waals surface area contributed by atoms with Crippen LogP contribution in [0.4, 0.5) is 26.3 Å². The first-order valence-corrected chi connectivity index (χ1v) is 13.3. The highest BCUT2D eigenvalue weighted by Crippen LogP contribution is 2.57. The molecule has 0 fully saturated rings. The molecule has 6 rings (SSSR count). The van der Waals surface area contributed by atoms with Crippen molar-refractivity contribution in [1.29, 1.82) is 21.0 Å². The molecule has 0 N–H and O–H groups in total. The summed E-state index contributed by atoms with van der Waals surface area (Å²) in [5.74, 6) is -0.642. The molecule has 2 aliphatic rings. The average molecular weight is 607 g/mol. The van der Waals surface area contributed by atoms with E-state index in [0.29, 0.717) is 39.9 Å². The van der Waals surface area contributed by atoms with Gasteiger partial charge in [0.25, 0.3) is 0 Å². The van der Waals surface area contributed by atoms with E-state index >= 15 is 0 Å². The first-order chi connectivity index (χ1) is 21.3. The Morgan fingerprint density at radius 2 is 1.18 bits per heavy atom. The van der Waals surface area contributed by atoms with Crippen LogP contribution in [0.1, 0.15) is 46.2 Å². The summed E-state index contributed by atoms with van der Waals surface area (Å²) >= 11 is 0. The fourth-order valence-electron chi connectivity index (χ4n) is 6.29. The number of fused-ring (bicyclic) bond motifs is 6. The summed E-state index contributed by atoms with van der Waals surface area (Å²) < 4.78 is 81.7. The van der Waals surface area contributed by atoms with Crippen LogP contribution < -0.4 is 0 Å². The van der Waals surface area contributed by atoms with Crippen LogP contribution in [0.2, 0.25) is 0 Å². The van der Waals surface area contributed by atoms with Crippen molar-refractivity contribution in [3.63, 3.8) is 0 Å². The molecule has 0 heterocycles. The highest BCUT2D eigenvalue weighted by Gasteiger charge is 2.44. The van der Waals surface area contributed by atoms with Crippen molar-refractivity contribution in [2.45, 2.75) is 25.2 Å². The molecule has 0 amide bonds. The standard InChI is InChI=1S/C35H16F6N4/c1-33(16-44,17-45)32-25-5-3-2-4-23(25)27-12-29-26(13-30(27)32)24-7-6-18(10-28(24)31(29)20(14-42)15-43)19-8-21(34(36,37)38)11-22(9-19)35(39,40)41/h2-13,32H,1H3. The van der Waals surface area contributed by atoms with Crippen LogP contribution in [-0.4, -0.2) is 0 Å². The first kappa shape index (κ1) is 29.2. The molecule has 1 unspecified atom stereocenters. The van der Waals surface area contributed by atoms with E-state index in [0.717, 1.165) is 11.1 Å². The zero-order valence-corrected chi connectivity index (χ0v) is 23.1. The quantitative estimate of drug-likeness (QED) is 0.148. The summed E-state index contributed by atoms with van der Waals surface area (Å²) in [6, 6.07) is 24.4. The van der Waals surface area contributed by atoms with E-state index in [2.05, 4.69) is 12.1 Å². The van der Waals surface area contributed by atoms with Gasteiger partial charge in [-0.05, 0) is 99.0 Å². The Morgan fingerprint density at radius 1 is 0.578 bits per heavy atom. The highest BCUT2D eigenvalue weighted by atomic mass is 19.4. The summed E-state index contributed by atoms with van der Waals surface area (Å²) in [4.78, 5) is 0. The second-order valence-corrected chi connectivity index (χ2v) is 11.0. The van der Waals surface area contributed by atoms with Gasteiger partial charge >= 0.3 is 12.4 Å². The Kier molecular flexibility index (Phi) is 6.40. The molecule has 45 heavy (non-hydrogen) atoms. The van der Waals surface area contributed by atoms with Crippen LogP contribution in [0.5, 0.6) is 0 Å². The van der Waals surface area contributed by atoms with Crippen molar-refractivity contribution >= 4 is 5.57 Å². The molecule has 218 valence electrons. The monoisotopic (exact) mass is 606 g/mol. The summed E-state index contributed by atoms with van der Waals surface area (Å²) in [5.41, 5.74) is -0.202. The van der Waals surface area contributed by atoms with E-state index in [1.165, 1.54) is 25.1 Å². The second-order valence-electron chi connectivity index (χ2n) is 11.0. The van der Waals surface area contributed by atoms with Crippen molar-refractivity contribution < 1.29 is 26.3 Å². The molecule has 4 nitrogen and oxygen atoms in total. The highest BCUT2D eigenvalue weighted by molar-refractivity contribution is 6.06. The third-order valence-corrected chi connectivity index (χ3v) is 8.35. The van der Waals surface area contributed by atoms with Crippen molar-refractivity contribution in [2.24, 2.45) is 5.41 Å². The predicted octanol–water partition coefficient (Wildman–Crippen LogP) is 9.39.